The Morgan fingerprint density at radius 1 is 1.15 bits per heavy atom. The molecule has 2 aliphatic heterocycles. The van der Waals surface area contributed by atoms with E-state index in [0.717, 1.165) is 61.7 Å². The molecular weight excluding hydrogens is 384 g/mol. The van der Waals surface area contributed by atoms with Crippen LogP contribution in [0.15, 0.2) is 29.6 Å². The standard InChI is InChI=1S/C19H23ClN4O2S/c20-15-2-1-3-16(12-15)23-4-6-24(7-5-23)19(25)17-14-27-18(21-17)13-22-8-10-26-11-9-22/h1-3,12,14H,4-11,13H2. The summed E-state index contributed by atoms with van der Waals surface area (Å²) < 4.78 is 5.38. The molecule has 6 nitrogen and oxygen atoms in total. The lowest BCUT2D eigenvalue weighted by atomic mass is 10.2. The molecule has 1 aromatic heterocycles. The third-order valence-electron chi connectivity index (χ3n) is 4.97. The lowest BCUT2D eigenvalue weighted by molar-refractivity contribution is 0.0341. The highest BCUT2D eigenvalue weighted by atomic mass is 35.5. The molecule has 27 heavy (non-hydrogen) atoms. The summed E-state index contributed by atoms with van der Waals surface area (Å²) in [5, 5.41) is 3.63. The molecule has 0 saturated carbocycles. The van der Waals surface area contributed by atoms with E-state index in [4.69, 9.17) is 16.3 Å². The zero-order valence-electron chi connectivity index (χ0n) is 15.1. The summed E-state index contributed by atoms with van der Waals surface area (Å²) in [5.74, 6) is 0.0326. The van der Waals surface area contributed by atoms with Gasteiger partial charge in [0.05, 0.1) is 19.8 Å². The van der Waals surface area contributed by atoms with E-state index in [1.54, 1.807) is 11.3 Å². The molecule has 1 aromatic carbocycles. The zero-order chi connectivity index (χ0) is 18.6. The number of carbonyl (C=O) groups is 1. The SMILES string of the molecule is O=C(c1csc(CN2CCOCC2)n1)N1CCN(c2cccc(Cl)c2)CC1. The number of halogens is 1. The summed E-state index contributed by atoms with van der Waals surface area (Å²) in [6, 6.07) is 7.86. The Labute approximate surface area is 168 Å². The van der Waals surface area contributed by atoms with Gasteiger partial charge in [0, 0.05) is 55.4 Å². The molecule has 0 aliphatic carbocycles. The third-order valence-corrected chi connectivity index (χ3v) is 6.04. The van der Waals surface area contributed by atoms with Crippen molar-refractivity contribution < 1.29 is 9.53 Å². The Kier molecular flexibility index (Phi) is 5.92. The summed E-state index contributed by atoms with van der Waals surface area (Å²) in [5.41, 5.74) is 1.68. The van der Waals surface area contributed by atoms with Crippen LogP contribution in [0.5, 0.6) is 0 Å². The molecule has 0 atom stereocenters. The van der Waals surface area contributed by atoms with Crippen LogP contribution in [0, 0.1) is 0 Å². The number of hydrogen-bond acceptors (Lipinski definition) is 6. The first-order valence-corrected chi connectivity index (χ1v) is 10.5. The van der Waals surface area contributed by atoms with Gasteiger partial charge in [-0.05, 0) is 18.2 Å². The van der Waals surface area contributed by atoms with Gasteiger partial charge in [-0.3, -0.25) is 9.69 Å². The Bertz CT molecular complexity index is 786. The molecule has 2 fully saturated rings. The second-order valence-corrected chi connectivity index (χ2v) is 8.15. The molecule has 144 valence electrons. The van der Waals surface area contributed by atoms with Crippen molar-refractivity contribution in [2.75, 3.05) is 57.4 Å². The Hall–Kier alpha value is -1.67. The van der Waals surface area contributed by atoms with Crippen molar-refractivity contribution >= 4 is 34.5 Å². The number of nitrogens with zero attached hydrogens (tertiary/aromatic N) is 4. The van der Waals surface area contributed by atoms with Crippen molar-refractivity contribution in [1.82, 2.24) is 14.8 Å². The van der Waals surface area contributed by atoms with Crippen LogP contribution in [0.4, 0.5) is 5.69 Å². The van der Waals surface area contributed by atoms with E-state index in [1.165, 1.54) is 0 Å². The number of morpholine rings is 1. The summed E-state index contributed by atoms with van der Waals surface area (Å²) in [6.07, 6.45) is 0. The van der Waals surface area contributed by atoms with E-state index in [0.29, 0.717) is 18.8 Å². The number of ether oxygens (including phenoxy) is 1. The van der Waals surface area contributed by atoms with Crippen LogP contribution in [-0.4, -0.2) is 73.2 Å². The quantitative estimate of drug-likeness (QED) is 0.781. The van der Waals surface area contributed by atoms with E-state index in [1.807, 2.05) is 28.5 Å². The summed E-state index contributed by atoms with van der Waals surface area (Å²) in [4.78, 5) is 23.9. The molecule has 0 unspecified atom stereocenters. The predicted molar refractivity (Wildman–Crippen MR) is 108 cm³/mol. The number of piperazine rings is 1. The predicted octanol–water partition coefficient (Wildman–Crippen LogP) is 2.59. The largest absolute Gasteiger partial charge is 0.379 e. The second kappa shape index (κ2) is 8.56. The number of aromatic nitrogens is 1. The van der Waals surface area contributed by atoms with Crippen LogP contribution < -0.4 is 4.90 Å². The first-order chi connectivity index (χ1) is 13.2. The first kappa shape index (κ1) is 18.7. The fraction of sp³-hybridized carbons (Fsp3) is 0.474. The number of amides is 1. The number of anilines is 1. The van der Waals surface area contributed by atoms with Crippen LogP contribution in [0.25, 0.3) is 0 Å². The molecule has 8 heteroatoms. The molecule has 2 aliphatic rings. The van der Waals surface area contributed by atoms with Crippen LogP contribution in [0.3, 0.4) is 0 Å². The average molecular weight is 407 g/mol. The highest BCUT2D eigenvalue weighted by molar-refractivity contribution is 7.09. The van der Waals surface area contributed by atoms with Crippen molar-refractivity contribution in [2.24, 2.45) is 0 Å². The number of hydrogen-bond donors (Lipinski definition) is 0. The maximum atomic E-state index is 12.8. The minimum Gasteiger partial charge on any atom is -0.379 e. The van der Waals surface area contributed by atoms with Crippen molar-refractivity contribution in [3.05, 3.63) is 45.4 Å². The maximum absolute atomic E-state index is 12.8. The second-order valence-electron chi connectivity index (χ2n) is 6.77. The van der Waals surface area contributed by atoms with Gasteiger partial charge in [0.2, 0.25) is 0 Å². The number of rotatable bonds is 4. The fourth-order valence-electron chi connectivity index (χ4n) is 3.43. The topological polar surface area (TPSA) is 48.9 Å². The molecule has 1 amide bonds. The highest BCUT2D eigenvalue weighted by Crippen LogP contribution is 2.22. The van der Waals surface area contributed by atoms with Gasteiger partial charge in [0.15, 0.2) is 0 Å². The van der Waals surface area contributed by atoms with E-state index >= 15 is 0 Å². The normalized spacial score (nSPS) is 18.7. The summed E-state index contributed by atoms with van der Waals surface area (Å²) >= 11 is 7.66. The lowest BCUT2D eigenvalue weighted by Crippen LogP contribution is -2.48. The lowest BCUT2D eigenvalue weighted by Gasteiger charge is -2.35. The highest BCUT2D eigenvalue weighted by Gasteiger charge is 2.24. The molecule has 2 saturated heterocycles. The monoisotopic (exact) mass is 406 g/mol. The van der Waals surface area contributed by atoms with Gasteiger partial charge in [-0.25, -0.2) is 4.98 Å². The maximum Gasteiger partial charge on any atom is 0.273 e. The van der Waals surface area contributed by atoms with Gasteiger partial charge in [0.1, 0.15) is 10.7 Å². The molecule has 0 N–H and O–H groups in total. The van der Waals surface area contributed by atoms with Gasteiger partial charge < -0.3 is 14.5 Å². The van der Waals surface area contributed by atoms with Gasteiger partial charge >= 0.3 is 0 Å². The number of thiazole rings is 1. The van der Waals surface area contributed by atoms with Gasteiger partial charge in [-0.2, -0.15) is 0 Å². The minimum atomic E-state index is 0.0326. The third kappa shape index (κ3) is 4.60. The molecule has 0 spiro atoms. The minimum absolute atomic E-state index is 0.0326. The summed E-state index contributed by atoms with van der Waals surface area (Å²) in [6.45, 7) is 7.19. The van der Waals surface area contributed by atoms with Crippen molar-refractivity contribution in [1.29, 1.82) is 0 Å². The fourth-order valence-corrected chi connectivity index (χ4v) is 4.43. The van der Waals surface area contributed by atoms with Crippen LogP contribution in [0.2, 0.25) is 5.02 Å². The van der Waals surface area contributed by atoms with E-state index in [2.05, 4.69) is 20.9 Å². The van der Waals surface area contributed by atoms with Gasteiger partial charge in [-0.1, -0.05) is 17.7 Å². The average Bonchev–Trinajstić information content (AvgIpc) is 3.17. The first-order valence-electron chi connectivity index (χ1n) is 9.23. The zero-order valence-corrected chi connectivity index (χ0v) is 16.7. The van der Waals surface area contributed by atoms with E-state index < -0.39 is 0 Å². The Morgan fingerprint density at radius 2 is 1.93 bits per heavy atom. The Balaban J connectivity index is 1.32. The molecule has 0 bridgehead atoms. The number of carbonyl (C=O) groups excluding carboxylic acids is 1. The van der Waals surface area contributed by atoms with E-state index in [-0.39, 0.29) is 5.91 Å². The van der Waals surface area contributed by atoms with Crippen LogP contribution >= 0.6 is 22.9 Å². The van der Waals surface area contributed by atoms with E-state index in [9.17, 15) is 4.79 Å². The molecule has 0 radical (unpaired) electrons. The van der Waals surface area contributed by atoms with Gasteiger partial charge in [-0.15, -0.1) is 11.3 Å². The molecule has 3 heterocycles. The van der Waals surface area contributed by atoms with Crippen LogP contribution in [0.1, 0.15) is 15.5 Å². The van der Waals surface area contributed by atoms with Crippen molar-refractivity contribution in [3.8, 4) is 0 Å². The van der Waals surface area contributed by atoms with Crippen LogP contribution in [-0.2, 0) is 11.3 Å². The smallest absolute Gasteiger partial charge is 0.273 e. The van der Waals surface area contributed by atoms with Crippen molar-refractivity contribution in [2.45, 2.75) is 6.54 Å². The van der Waals surface area contributed by atoms with Crippen molar-refractivity contribution in [3.63, 3.8) is 0 Å². The Morgan fingerprint density at radius 3 is 2.67 bits per heavy atom. The molecular formula is C19H23ClN4O2S. The molecule has 2 aromatic rings. The molecule has 4 rings (SSSR count). The summed E-state index contributed by atoms with van der Waals surface area (Å²) in [7, 11) is 0. The number of benzene rings is 1. The van der Waals surface area contributed by atoms with Gasteiger partial charge in [0.25, 0.3) is 5.91 Å².